The van der Waals surface area contributed by atoms with Crippen molar-refractivity contribution < 1.29 is 0 Å². The topological polar surface area (TPSA) is 0 Å². The Labute approximate surface area is 90.1 Å². The lowest BCUT2D eigenvalue weighted by Crippen LogP contribution is -1.87. The lowest BCUT2D eigenvalue weighted by Gasteiger charge is -2.03. The van der Waals surface area contributed by atoms with Crippen molar-refractivity contribution >= 4 is 0 Å². The minimum atomic E-state index is 0.882. The van der Waals surface area contributed by atoms with E-state index >= 15 is 0 Å². The van der Waals surface area contributed by atoms with Crippen molar-refractivity contribution in [2.75, 3.05) is 0 Å². The number of hydrogen-bond acceptors (Lipinski definition) is 0. The second kappa shape index (κ2) is 10.6. The predicted octanol–water partition coefficient (Wildman–Crippen LogP) is 5.10. The number of hydrogen-bond donors (Lipinski definition) is 0. The quantitative estimate of drug-likeness (QED) is 0.353. The van der Waals surface area contributed by atoms with Crippen LogP contribution in [0.25, 0.3) is 0 Å². The minimum Gasteiger partial charge on any atom is -0.133 e. The van der Waals surface area contributed by atoms with E-state index in [1.54, 1.807) is 0 Å². The van der Waals surface area contributed by atoms with Gasteiger partial charge in [-0.1, -0.05) is 59.0 Å². The van der Waals surface area contributed by atoms with Gasteiger partial charge in [-0.05, 0) is 24.8 Å². The molecular weight excluding hydrogens is 168 g/mol. The fraction of sp³-hybridized carbons (Fsp3) is 0.786. The predicted molar refractivity (Wildman–Crippen MR) is 65.5 cm³/mol. The molecule has 0 rings (SSSR count). The summed E-state index contributed by atoms with van der Waals surface area (Å²) >= 11 is 0. The van der Waals surface area contributed by atoms with Crippen molar-refractivity contribution in [3.8, 4) is 0 Å². The Morgan fingerprint density at radius 2 is 1.57 bits per heavy atom. The van der Waals surface area contributed by atoms with Crippen LogP contribution in [0.15, 0.2) is 18.4 Å². The zero-order chi connectivity index (χ0) is 10.6. The zero-order valence-electron chi connectivity index (χ0n) is 10.0. The lowest BCUT2D eigenvalue weighted by atomic mass is 10.0. The second-order valence-corrected chi connectivity index (χ2v) is 4.50. The summed E-state index contributed by atoms with van der Waals surface area (Å²) in [6.07, 6.45) is 13.0. The van der Waals surface area contributed by atoms with Crippen LogP contribution in [0.3, 0.4) is 0 Å². The van der Waals surface area contributed by atoms with Gasteiger partial charge in [0.05, 0.1) is 0 Å². The van der Waals surface area contributed by atoms with Crippen molar-refractivity contribution in [2.45, 2.75) is 65.2 Å². The van der Waals surface area contributed by atoms with Gasteiger partial charge >= 0.3 is 0 Å². The monoisotopic (exact) mass is 194 g/mol. The molecule has 0 saturated carbocycles. The molecule has 0 bridgehead atoms. The van der Waals surface area contributed by atoms with Crippen molar-refractivity contribution in [1.82, 2.24) is 0 Å². The number of unbranched alkanes of at least 4 members (excludes halogenated alkanes) is 6. The van der Waals surface area contributed by atoms with Crippen molar-refractivity contribution in [1.29, 1.82) is 0 Å². The average molecular weight is 194 g/mol. The first-order chi connectivity index (χ1) is 6.77. The largest absolute Gasteiger partial charge is 0.133 e. The first kappa shape index (κ1) is 13.5. The van der Waals surface area contributed by atoms with Gasteiger partial charge < -0.3 is 0 Å². The Morgan fingerprint density at radius 3 is 2.14 bits per heavy atom. The maximum atomic E-state index is 3.55. The molecule has 0 amide bonds. The molecule has 0 fully saturated rings. The van der Waals surface area contributed by atoms with Crippen molar-refractivity contribution in [3.05, 3.63) is 18.4 Å². The maximum Gasteiger partial charge on any atom is -0.0275 e. The van der Waals surface area contributed by atoms with Gasteiger partial charge in [0.1, 0.15) is 0 Å². The fourth-order valence-corrected chi connectivity index (χ4v) is 1.61. The Balaban J connectivity index is 2.95. The summed E-state index contributed by atoms with van der Waals surface area (Å²) in [6, 6.07) is 0. The highest BCUT2D eigenvalue weighted by atomic mass is 14.0. The summed E-state index contributed by atoms with van der Waals surface area (Å²) in [4.78, 5) is 0. The van der Waals surface area contributed by atoms with Gasteiger partial charge in [-0.3, -0.25) is 0 Å². The van der Waals surface area contributed by atoms with Crippen LogP contribution in [-0.2, 0) is 0 Å². The van der Waals surface area contributed by atoms with Gasteiger partial charge in [-0.25, -0.2) is 0 Å². The highest BCUT2D eigenvalue weighted by Crippen LogP contribution is 2.11. The second-order valence-electron chi connectivity index (χ2n) is 4.50. The molecule has 0 radical (unpaired) electrons. The van der Waals surface area contributed by atoms with E-state index in [0.717, 1.165) is 12.3 Å². The van der Waals surface area contributed by atoms with E-state index in [0.29, 0.717) is 0 Å². The SMILES string of the molecule is C=C=CCCCCCCCCC(C)C. The summed E-state index contributed by atoms with van der Waals surface area (Å²) in [5.74, 6) is 0.882. The fourth-order valence-electron chi connectivity index (χ4n) is 1.61. The van der Waals surface area contributed by atoms with E-state index in [2.05, 4.69) is 26.2 Å². The number of allylic oxidation sites excluding steroid dienone is 1. The van der Waals surface area contributed by atoms with E-state index in [-0.39, 0.29) is 0 Å². The van der Waals surface area contributed by atoms with Gasteiger partial charge in [0, 0.05) is 0 Å². The van der Waals surface area contributed by atoms with Crippen LogP contribution in [-0.4, -0.2) is 0 Å². The van der Waals surface area contributed by atoms with Gasteiger partial charge in [0.25, 0.3) is 0 Å². The normalized spacial score (nSPS) is 10.2. The van der Waals surface area contributed by atoms with E-state index in [9.17, 15) is 0 Å². The molecule has 0 nitrogen and oxygen atoms in total. The molecule has 0 N–H and O–H groups in total. The van der Waals surface area contributed by atoms with E-state index < -0.39 is 0 Å². The highest BCUT2D eigenvalue weighted by molar-refractivity contribution is 4.74. The van der Waals surface area contributed by atoms with Gasteiger partial charge in [0.2, 0.25) is 0 Å². The molecule has 0 atom stereocenters. The summed E-state index contributed by atoms with van der Waals surface area (Å²) in [5, 5.41) is 0. The molecule has 0 spiro atoms. The highest BCUT2D eigenvalue weighted by Gasteiger charge is 1.94. The Hall–Kier alpha value is -0.480. The molecule has 82 valence electrons. The molecule has 0 aromatic heterocycles. The molecule has 0 aromatic carbocycles. The van der Waals surface area contributed by atoms with Gasteiger partial charge in [-0.2, -0.15) is 0 Å². The summed E-state index contributed by atoms with van der Waals surface area (Å²) in [6.45, 7) is 8.17. The van der Waals surface area contributed by atoms with Crippen molar-refractivity contribution in [3.63, 3.8) is 0 Å². The lowest BCUT2D eigenvalue weighted by molar-refractivity contribution is 0.512. The summed E-state index contributed by atoms with van der Waals surface area (Å²) in [5.41, 5.74) is 2.82. The molecule has 0 unspecified atom stereocenters. The standard InChI is InChI=1S/C14H26/c1-4-5-6-7-8-9-10-11-12-13-14(2)3/h5,14H,1,6-13H2,2-3H3. The summed E-state index contributed by atoms with van der Waals surface area (Å²) < 4.78 is 0. The van der Waals surface area contributed by atoms with Gasteiger partial charge in [0.15, 0.2) is 0 Å². The van der Waals surface area contributed by atoms with Crippen LogP contribution >= 0.6 is 0 Å². The smallest absolute Gasteiger partial charge is 0.0275 e. The van der Waals surface area contributed by atoms with E-state index in [1.165, 1.54) is 44.9 Å². The minimum absolute atomic E-state index is 0.882. The molecule has 0 aliphatic rings. The van der Waals surface area contributed by atoms with Crippen LogP contribution in [0.1, 0.15) is 65.2 Å². The maximum absolute atomic E-state index is 3.55. The zero-order valence-corrected chi connectivity index (χ0v) is 10.0. The third-order valence-electron chi connectivity index (χ3n) is 2.52. The molecule has 14 heavy (non-hydrogen) atoms. The third kappa shape index (κ3) is 11.5. The Kier molecular flexibility index (Phi) is 10.2. The Morgan fingerprint density at radius 1 is 1.00 bits per heavy atom. The summed E-state index contributed by atoms with van der Waals surface area (Å²) in [7, 11) is 0. The van der Waals surface area contributed by atoms with Crippen LogP contribution in [0.4, 0.5) is 0 Å². The van der Waals surface area contributed by atoms with Crippen LogP contribution < -0.4 is 0 Å². The van der Waals surface area contributed by atoms with E-state index in [1.807, 2.05) is 6.08 Å². The molecule has 0 aromatic rings. The molecule has 0 saturated heterocycles. The molecule has 0 aliphatic heterocycles. The average Bonchev–Trinajstić information content (AvgIpc) is 2.15. The number of rotatable bonds is 9. The van der Waals surface area contributed by atoms with Crippen LogP contribution in [0.2, 0.25) is 0 Å². The first-order valence-corrected chi connectivity index (χ1v) is 6.11. The molecular formula is C14H26. The first-order valence-electron chi connectivity index (χ1n) is 6.11. The van der Waals surface area contributed by atoms with E-state index in [4.69, 9.17) is 0 Å². The molecule has 0 heteroatoms. The Bertz CT molecular complexity index is 149. The third-order valence-corrected chi connectivity index (χ3v) is 2.52. The molecule has 0 aliphatic carbocycles. The van der Waals surface area contributed by atoms with Crippen molar-refractivity contribution in [2.24, 2.45) is 5.92 Å². The molecule has 0 heterocycles. The van der Waals surface area contributed by atoms with Crippen LogP contribution in [0, 0.1) is 5.92 Å². The van der Waals surface area contributed by atoms with Crippen LogP contribution in [0.5, 0.6) is 0 Å². The van der Waals surface area contributed by atoms with Gasteiger partial charge in [-0.15, -0.1) is 5.73 Å².